The van der Waals surface area contributed by atoms with Crippen LogP contribution >= 0.6 is 0 Å². The molecule has 3 N–H and O–H groups in total. The fourth-order valence-corrected chi connectivity index (χ4v) is 3.76. The van der Waals surface area contributed by atoms with E-state index in [4.69, 9.17) is 9.84 Å². The summed E-state index contributed by atoms with van der Waals surface area (Å²) in [5, 5.41) is 13.9. The lowest BCUT2D eigenvalue weighted by Crippen LogP contribution is -2.21. The number of anilines is 2. The number of pyridine rings is 1. The van der Waals surface area contributed by atoms with Crippen LogP contribution in [0, 0.1) is 5.92 Å². The fraction of sp³-hybridized carbons (Fsp3) is 0.500. The Bertz CT molecular complexity index is 977. The van der Waals surface area contributed by atoms with E-state index in [2.05, 4.69) is 15.6 Å². The number of para-hydroxylation sites is 1. The van der Waals surface area contributed by atoms with Gasteiger partial charge in [0.05, 0.1) is 18.2 Å². The molecule has 1 aliphatic rings. The Morgan fingerprint density at radius 1 is 1.03 bits per heavy atom. The maximum atomic E-state index is 12.9. The van der Waals surface area contributed by atoms with Crippen molar-refractivity contribution >= 4 is 23.4 Å². The van der Waals surface area contributed by atoms with Gasteiger partial charge in [0.25, 0.3) is 6.43 Å². The monoisotopic (exact) mass is 491 g/mol. The molecule has 1 aliphatic carbocycles. The van der Waals surface area contributed by atoms with Crippen LogP contribution in [0.2, 0.25) is 0 Å². The molecule has 1 saturated carbocycles. The van der Waals surface area contributed by atoms with E-state index >= 15 is 0 Å². The number of carbonyl (C=O) groups is 2. The molecule has 1 fully saturated rings. The first-order valence-electron chi connectivity index (χ1n) is 11.9. The van der Waals surface area contributed by atoms with Crippen molar-refractivity contribution in [1.29, 1.82) is 0 Å². The minimum absolute atomic E-state index is 0.0289. The van der Waals surface area contributed by atoms with Crippen molar-refractivity contribution in [2.24, 2.45) is 5.92 Å². The van der Waals surface area contributed by atoms with Crippen molar-refractivity contribution in [3.8, 4) is 5.75 Å². The molecule has 1 heterocycles. The molecule has 0 unspecified atom stereocenters. The average Bonchev–Trinajstić information content (AvgIpc) is 2.81. The molecule has 0 aliphatic heterocycles. The van der Waals surface area contributed by atoms with E-state index in [-0.39, 0.29) is 29.4 Å². The van der Waals surface area contributed by atoms with E-state index in [0.29, 0.717) is 5.69 Å². The molecule has 1 aromatic heterocycles. The number of halogens is 2. The number of nitrogens with zero attached hydrogens (tertiary/aromatic N) is 1. The number of nitrogens with one attached hydrogen (secondary N) is 2. The maximum Gasteiger partial charge on any atom is 0.323 e. The van der Waals surface area contributed by atoms with E-state index in [1.807, 2.05) is 32.0 Å². The van der Waals surface area contributed by atoms with Gasteiger partial charge in [0, 0.05) is 11.8 Å². The minimum atomic E-state index is -2.72. The SMILES string of the molecule is CC(C)Oc1cc(C(F)F)ncc1NC(=O)Nc1ccccc1C(C)C.O=C(O)C1CCCCC1. The molecule has 192 valence electrons. The minimum Gasteiger partial charge on any atom is -0.489 e. The maximum absolute atomic E-state index is 12.9. The van der Waals surface area contributed by atoms with Crippen LogP contribution in [0.4, 0.5) is 25.0 Å². The largest absolute Gasteiger partial charge is 0.489 e. The number of aliphatic carboxylic acids is 1. The zero-order valence-corrected chi connectivity index (χ0v) is 20.7. The van der Waals surface area contributed by atoms with Crippen LogP contribution in [-0.2, 0) is 4.79 Å². The van der Waals surface area contributed by atoms with Gasteiger partial charge in [-0.3, -0.25) is 9.78 Å². The molecule has 3 rings (SSSR count). The Labute approximate surface area is 205 Å². The summed E-state index contributed by atoms with van der Waals surface area (Å²) in [6.07, 6.45) is 3.45. The quantitative estimate of drug-likeness (QED) is 0.379. The normalized spacial score (nSPS) is 13.9. The van der Waals surface area contributed by atoms with Gasteiger partial charge < -0.3 is 20.5 Å². The number of carboxylic acids is 1. The van der Waals surface area contributed by atoms with Crippen LogP contribution in [-0.4, -0.2) is 28.2 Å². The van der Waals surface area contributed by atoms with Crippen molar-refractivity contribution in [2.45, 2.75) is 78.2 Å². The zero-order chi connectivity index (χ0) is 26.0. The van der Waals surface area contributed by atoms with E-state index in [9.17, 15) is 18.4 Å². The lowest BCUT2D eigenvalue weighted by Gasteiger charge is -2.17. The standard InChI is InChI=1S/C19H23F2N3O2.C7H12O2/c1-11(2)13-7-5-6-8-14(13)23-19(25)24-16-10-22-15(18(20)21)9-17(16)26-12(3)4;8-7(9)6-4-2-1-3-5-6/h5-12,18H,1-4H3,(H2,23,24,25);6H,1-5H2,(H,8,9). The second kappa shape index (κ2) is 13.6. The Kier molecular flexibility index (Phi) is 10.9. The molecule has 2 aromatic rings. The summed E-state index contributed by atoms with van der Waals surface area (Å²) in [5.41, 5.74) is 1.50. The lowest BCUT2D eigenvalue weighted by molar-refractivity contribution is -0.142. The summed E-state index contributed by atoms with van der Waals surface area (Å²) in [6, 6.07) is 8.11. The third kappa shape index (κ3) is 9.15. The molecule has 7 nitrogen and oxygen atoms in total. The van der Waals surface area contributed by atoms with Gasteiger partial charge in [-0.15, -0.1) is 0 Å². The smallest absolute Gasteiger partial charge is 0.323 e. The van der Waals surface area contributed by atoms with Gasteiger partial charge in [-0.05, 0) is 44.2 Å². The molecule has 35 heavy (non-hydrogen) atoms. The van der Waals surface area contributed by atoms with Gasteiger partial charge in [-0.25, -0.2) is 13.6 Å². The summed E-state index contributed by atoms with van der Waals surface area (Å²) in [6.45, 7) is 7.59. The number of benzene rings is 1. The predicted molar refractivity (Wildman–Crippen MR) is 132 cm³/mol. The van der Waals surface area contributed by atoms with Crippen molar-refractivity contribution < 1.29 is 28.2 Å². The zero-order valence-electron chi connectivity index (χ0n) is 20.7. The number of hydrogen-bond acceptors (Lipinski definition) is 4. The molecule has 0 spiro atoms. The Hall–Kier alpha value is -3.23. The van der Waals surface area contributed by atoms with Gasteiger partial charge in [-0.2, -0.15) is 0 Å². The third-order valence-electron chi connectivity index (χ3n) is 5.51. The Morgan fingerprint density at radius 3 is 2.20 bits per heavy atom. The number of alkyl halides is 2. The van der Waals surface area contributed by atoms with Crippen LogP contribution in [0.15, 0.2) is 36.5 Å². The van der Waals surface area contributed by atoms with Crippen molar-refractivity contribution in [3.05, 3.63) is 47.8 Å². The van der Waals surface area contributed by atoms with Crippen LogP contribution in [0.1, 0.15) is 83.4 Å². The molecule has 1 aromatic carbocycles. The summed E-state index contributed by atoms with van der Waals surface area (Å²) < 4.78 is 31.3. The first-order valence-corrected chi connectivity index (χ1v) is 11.9. The molecular weight excluding hydrogens is 456 g/mol. The highest BCUT2D eigenvalue weighted by molar-refractivity contribution is 6.01. The van der Waals surface area contributed by atoms with Crippen molar-refractivity contribution in [1.82, 2.24) is 4.98 Å². The molecule has 0 radical (unpaired) electrons. The highest BCUT2D eigenvalue weighted by Gasteiger charge is 2.19. The Morgan fingerprint density at radius 2 is 1.66 bits per heavy atom. The summed E-state index contributed by atoms with van der Waals surface area (Å²) in [4.78, 5) is 26.4. The summed E-state index contributed by atoms with van der Waals surface area (Å²) >= 11 is 0. The first-order chi connectivity index (χ1) is 16.6. The molecule has 0 saturated heterocycles. The molecule has 0 atom stereocenters. The van der Waals surface area contributed by atoms with Crippen LogP contribution < -0.4 is 15.4 Å². The number of ether oxygens (including phenoxy) is 1. The first kappa shape index (κ1) is 28.0. The summed E-state index contributed by atoms with van der Waals surface area (Å²) in [7, 11) is 0. The van der Waals surface area contributed by atoms with Crippen LogP contribution in [0.5, 0.6) is 5.75 Å². The predicted octanol–water partition coefficient (Wildman–Crippen LogP) is 7.23. The van der Waals surface area contributed by atoms with E-state index in [1.165, 1.54) is 12.6 Å². The van der Waals surface area contributed by atoms with Crippen LogP contribution in [0.25, 0.3) is 0 Å². The average molecular weight is 492 g/mol. The van der Waals surface area contributed by atoms with Gasteiger partial charge >= 0.3 is 12.0 Å². The second-order valence-corrected chi connectivity index (χ2v) is 9.07. The fourth-order valence-electron chi connectivity index (χ4n) is 3.76. The number of rotatable bonds is 7. The van der Waals surface area contributed by atoms with Crippen molar-refractivity contribution in [3.63, 3.8) is 0 Å². The molecule has 2 amide bonds. The van der Waals surface area contributed by atoms with Gasteiger partial charge in [0.1, 0.15) is 17.1 Å². The molecular formula is C26H35F2N3O4. The molecule has 0 bridgehead atoms. The van der Waals surface area contributed by atoms with Crippen molar-refractivity contribution in [2.75, 3.05) is 10.6 Å². The highest BCUT2D eigenvalue weighted by atomic mass is 19.3. The number of amides is 2. The van der Waals surface area contributed by atoms with E-state index in [0.717, 1.165) is 37.3 Å². The number of carbonyl (C=O) groups excluding carboxylic acids is 1. The molecule has 9 heteroatoms. The topological polar surface area (TPSA) is 101 Å². The van der Waals surface area contributed by atoms with Gasteiger partial charge in [-0.1, -0.05) is 51.3 Å². The summed E-state index contributed by atoms with van der Waals surface area (Å²) in [5.74, 6) is -0.246. The van der Waals surface area contributed by atoms with Gasteiger partial charge in [0.15, 0.2) is 0 Å². The van der Waals surface area contributed by atoms with E-state index < -0.39 is 24.1 Å². The number of carboxylic acid groups (broad SMARTS) is 1. The van der Waals surface area contributed by atoms with Crippen LogP contribution in [0.3, 0.4) is 0 Å². The Balaban J connectivity index is 0.000000402. The number of hydrogen-bond donors (Lipinski definition) is 3. The number of aromatic nitrogens is 1. The highest BCUT2D eigenvalue weighted by Crippen LogP contribution is 2.30. The van der Waals surface area contributed by atoms with Gasteiger partial charge in [0.2, 0.25) is 0 Å². The number of urea groups is 1. The third-order valence-corrected chi connectivity index (χ3v) is 5.51. The lowest BCUT2D eigenvalue weighted by atomic mass is 9.90. The second-order valence-electron chi connectivity index (χ2n) is 9.07. The van der Waals surface area contributed by atoms with E-state index in [1.54, 1.807) is 19.9 Å².